The van der Waals surface area contributed by atoms with Gasteiger partial charge in [-0.3, -0.25) is 9.59 Å². The van der Waals surface area contributed by atoms with Crippen molar-refractivity contribution in [1.29, 1.82) is 0 Å². The third kappa shape index (κ3) is 3.08. The van der Waals surface area contributed by atoms with Crippen molar-refractivity contribution in [2.24, 2.45) is 5.41 Å². The Morgan fingerprint density at radius 2 is 1.88 bits per heavy atom. The highest BCUT2D eigenvalue weighted by Crippen LogP contribution is 2.32. The zero-order chi connectivity index (χ0) is 12.8. The zero-order valence-corrected chi connectivity index (χ0v) is 10.2. The highest BCUT2D eigenvalue weighted by Gasteiger charge is 2.46. The number of ether oxygens (including phenoxy) is 1. The molecule has 0 aliphatic heterocycles. The number of carboxylic acids is 1. The van der Waals surface area contributed by atoms with Crippen molar-refractivity contribution in [3.63, 3.8) is 0 Å². The summed E-state index contributed by atoms with van der Waals surface area (Å²) in [5.74, 6) is -1.80. The average molecular weight is 228 g/mol. The maximum Gasteiger partial charge on any atom is 0.323 e. The van der Waals surface area contributed by atoms with Gasteiger partial charge in [0.2, 0.25) is 0 Å². The zero-order valence-electron chi connectivity index (χ0n) is 10.2. The second kappa shape index (κ2) is 6.30. The molecule has 16 heavy (non-hydrogen) atoms. The lowest BCUT2D eigenvalue weighted by Gasteiger charge is -2.26. The SMILES string of the molecule is C=C(CC)CC(CC)(C(=O)O)C(=O)OCC. The minimum absolute atomic E-state index is 0.147. The molecule has 0 rings (SSSR count). The summed E-state index contributed by atoms with van der Waals surface area (Å²) in [5.41, 5.74) is -0.722. The lowest BCUT2D eigenvalue weighted by atomic mass is 9.79. The molecule has 0 fully saturated rings. The second-order valence-electron chi connectivity index (χ2n) is 3.74. The molecule has 0 aromatic carbocycles. The molecule has 1 unspecified atom stereocenters. The molecule has 0 amide bonds. The van der Waals surface area contributed by atoms with Crippen molar-refractivity contribution in [3.05, 3.63) is 12.2 Å². The van der Waals surface area contributed by atoms with Gasteiger partial charge in [-0.15, -0.1) is 0 Å². The molecule has 0 saturated carbocycles. The first kappa shape index (κ1) is 14.7. The Bertz CT molecular complexity index is 283. The largest absolute Gasteiger partial charge is 0.480 e. The molecule has 0 aliphatic rings. The van der Waals surface area contributed by atoms with Crippen LogP contribution in [0, 0.1) is 5.41 Å². The van der Waals surface area contributed by atoms with Crippen molar-refractivity contribution in [3.8, 4) is 0 Å². The van der Waals surface area contributed by atoms with Gasteiger partial charge in [0.15, 0.2) is 5.41 Å². The molecule has 0 spiro atoms. The standard InChI is InChI=1S/C12H20O4/c1-5-9(4)8-12(6-2,10(13)14)11(15)16-7-3/h4-8H2,1-3H3,(H,13,14). The molecule has 0 aliphatic carbocycles. The van der Waals surface area contributed by atoms with E-state index >= 15 is 0 Å². The van der Waals surface area contributed by atoms with Gasteiger partial charge in [0.1, 0.15) is 0 Å². The molecule has 0 saturated heterocycles. The molecule has 0 aromatic heterocycles. The van der Waals surface area contributed by atoms with Gasteiger partial charge in [0.05, 0.1) is 6.61 Å². The van der Waals surface area contributed by atoms with E-state index in [1.54, 1.807) is 13.8 Å². The van der Waals surface area contributed by atoms with Crippen molar-refractivity contribution in [2.75, 3.05) is 6.61 Å². The molecule has 1 N–H and O–H groups in total. The number of hydrogen-bond acceptors (Lipinski definition) is 3. The Balaban J connectivity index is 5.07. The maximum atomic E-state index is 11.7. The van der Waals surface area contributed by atoms with E-state index in [9.17, 15) is 14.7 Å². The lowest BCUT2D eigenvalue weighted by molar-refractivity contribution is -0.168. The Labute approximate surface area is 96.3 Å². The molecule has 0 heterocycles. The highest BCUT2D eigenvalue weighted by atomic mass is 16.5. The van der Waals surface area contributed by atoms with Crippen LogP contribution in [0.1, 0.15) is 40.0 Å². The molecule has 1 atom stereocenters. The smallest absolute Gasteiger partial charge is 0.323 e. The van der Waals surface area contributed by atoms with Crippen LogP contribution < -0.4 is 0 Å². The van der Waals surface area contributed by atoms with Gasteiger partial charge in [0, 0.05) is 0 Å². The van der Waals surface area contributed by atoms with Gasteiger partial charge in [-0.05, 0) is 26.2 Å². The minimum Gasteiger partial charge on any atom is -0.480 e. The van der Waals surface area contributed by atoms with E-state index < -0.39 is 17.4 Å². The summed E-state index contributed by atoms with van der Waals surface area (Å²) in [6.45, 7) is 9.17. The van der Waals surface area contributed by atoms with E-state index in [2.05, 4.69) is 6.58 Å². The predicted molar refractivity (Wildman–Crippen MR) is 61.0 cm³/mol. The van der Waals surface area contributed by atoms with Crippen LogP contribution in [-0.4, -0.2) is 23.7 Å². The molecule has 4 heteroatoms. The number of aliphatic carboxylic acids is 1. The van der Waals surface area contributed by atoms with Crippen LogP contribution >= 0.6 is 0 Å². The van der Waals surface area contributed by atoms with Crippen LogP contribution in [0.25, 0.3) is 0 Å². The Morgan fingerprint density at radius 3 is 2.19 bits per heavy atom. The minimum atomic E-state index is -1.47. The summed E-state index contributed by atoms with van der Waals surface area (Å²) in [6.07, 6.45) is 1.02. The second-order valence-corrected chi connectivity index (χ2v) is 3.74. The fourth-order valence-corrected chi connectivity index (χ4v) is 1.48. The van der Waals surface area contributed by atoms with Gasteiger partial charge < -0.3 is 9.84 Å². The molecule has 92 valence electrons. The van der Waals surface area contributed by atoms with E-state index in [0.29, 0.717) is 6.42 Å². The van der Waals surface area contributed by atoms with Crippen LogP contribution in [0.2, 0.25) is 0 Å². The summed E-state index contributed by atoms with van der Waals surface area (Å²) < 4.78 is 4.84. The topological polar surface area (TPSA) is 63.6 Å². The summed E-state index contributed by atoms with van der Waals surface area (Å²) in [6, 6.07) is 0. The number of allylic oxidation sites excluding steroid dienone is 1. The Kier molecular flexibility index (Phi) is 5.78. The van der Waals surface area contributed by atoms with Gasteiger partial charge in [-0.2, -0.15) is 0 Å². The van der Waals surface area contributed by atoms with Gasteiger partial charge >= 0.3 is 11.9 Å². The summed E-state index contributed by atoms with van der Waals surface area (Å²) in [7, 11) is 0. The van der Waals surface area contributed by atoms with E-state index in [-0.39, 0.29) is 19.4 Å². The first-order valence-electron chi connectivity index (χ1n) is 5.51. The van der Waals surface area contributed by atoms with Crippen molar-refractivity contribution >= 4 is 11.9 Å². The summed E-state index contributed by atoms with van der Waals surface area (Å²) >= 11 is 0. The Morgan fingerprint density at radius 1 is 1.31 bits per heavy atom. The Hall–Kier alpha value is -1.32. The number of hydrogen-bond donors (Lipinski definition) is 1. The fourth-order valence-electron chi connectivity index (χ4n) is 1.48. The van der Waals surface area contributed by atoms with Gasteiger partial charge in [-0.1, -0.05) is 26.0 Å². The molecule has 0 bridgehead atoms. The molecular formula is C12H20O4. The van der Waals surface area contributed by atoms with Crippen LogP contribution in [0.5, 0.6) is 0 Å². The number of esters is 1. The van der Waals surface area contributed by atoms with Crippen molar-refractivity contribution < 1.29 is 19.4 Å². The van der Waals surface area contributed by atoms with E-state index in [1.165, 1.54) is 0 Å². The fraction of sp³-hybridized carbons (Fsp3) is 0.667. The summed E-state index contributed by atoms with van der Waals surface area (Å²) in [4.78, 5) is 23.0. The van der Waals surface area contributed by atoms with Crippen LogP contribution in [0.3, 0.4) is 0 Å². The van der Waals surface area contributed by atoms with Crippen molar-refractivity contribution in [2.45, 2.75) is 40.0 Å². The van der Waals surface area contributed by atoms with Crippen LogP contribution in [0.15, 0.2) is 12.2 Å². The molecule has 0 aromatic rings. The number of carboxylic acid groups (broad SMARTS) is 1. The van der Waals surface area contributed by atoms with Crippen molar-refractivity contribution in [1.82, 2.24) is 0 Å². The first-order chi connectivity index (χ1) is 7.44. The maximum absolute atomic E-state index is 11.7. The normalized spacial score (nSPS) is 13.9. The summed E-state index contributed by atoms with van der Waals surface area (Å²) in [5, 5.41) is 9.22. The van der Waals surface area contributed by atoms with Gasteiger partial charge in [0.25, 0.3) is 0 Å². The third-order valence-electron chi connectivity index (χ3n) is 2.73. The number of carbonyl (C=O) groups is 2. The predicted octanol–water partition coefficient (Wildman–Crippen LogP) is 2.39. The monoisotopic (exact) mass is 228 g/mol. The molecular weight excluding hydrogens is 208 g/mol. The number of rotatable bonds is 7. The van der Waals surface area contributed by atoms with Crippen LogP contribution in [0.4, 0.5) is 0 Å². The quantitative estimate of drug-likeness (QED) is 0.413. The van der Waals surface area contributed by atoms with Gasteiger partial charge in [-0.25, -0.2) is 0 Å². The third-order valence-corrected chi connectivity index (χ3v) is 2.73. The first-order valence-corrected chi connectivity index (χ1v) is 5.51. The van der Waals surface area contributed by atoms with Crippen LogP contribution in [-0.2, 0) is 14.3 Å². The average Bonchev–Trinajstić information content (AvgIpc) is 2.25. The number of carbonyl (C=O) groups excluding carboxylic acids is 1. The lowest BCUT2D eigenvalue weighted by Crippen LogP contribution is -2.40. The molecule has 4 nitrogen and oxygen atoms in total. The van der Waals surface area contributed by atoms with E-state index in [4.69, 9.17) is 4.74 Å². The van der Waals surface area contributed by atoms with E-state index in [0.717, 1.165) is 5.57 Å². The van der Waals surface area contributed by atoms with E-state index in [1.807, 2.05) is 6.92 Å². The molecule has 0 radical (unpaired) electrons. The highest BCUT2D eigenvalue weighted by molar-refractivity contribution is 5.99.